The Bertz CT molecular complexity index is 1330. The summed E-state index contributed by atoms with van der Waals surface area (Å²) in [6.07, 6.45) is 62.2. The van der Waals surface area contributed by atoms with E-state index in [1.165, 1.54) is 148 Å². The van der Waals surface area contributed by atoms with Crippen molar-refractivity contribution in [3.05, 3.63) is 72.9 Å². The lowest BCUT2D eigenvalue weighted by Crippen LogP contribution is -2.60. The normalized spacial score (nSPS) is 19.9. The molecule has 0 spiro atoms. The van der Waals surface area contributed by atoms with Gasteiger partial charge in [-0.3, -0.25) is 4.79 Å². The van der Waals surface area contributed by atoms with Crippen LogP contribution in [0.25, 0.3) is 0 Å². The van der Waals surface area contributed by atoms with Crippen molar-refractivity contribution in [1.82, 2.24) is 5.32 Å². The summed E-state index contributed by atoms with van der Waals surface area (Å²) in [4.78, 5) is 13.1. The van der Waals surface area contributed by atoms with Crippen LogP contribution in [0.15, 0.2) is 72.9 Å². The molecule has 1 fully saturated rings. The van der Waals surface area contributed by atoms with E-state index in [2.05, 4.69) is 92.1 Å². The summed E-state index contributed by atoms with van der Waals surface area (Å²) in [6, 6.07) is -0.721. The van der Waals surface area contributed by atoms with Gasteiger partial charge in [-0.05, 0) is 64.2 Å². The molecule has 1 amide bonds. The summed E-state index contributed by atoms with van der Waals surface area (Å²) in [5, 5.41) is 54.6. The van der Waals surface area contributed by atoms with E-state index in [1.54, 1.807) is 0 Å². The molecule has 7 atom stereocenters. The van der Waals surface area contributed by atoms with Gasteiger partial charge in [0.1, 0.15) is 24.4 Å². The first kappa shape index (κ1) is 65.6. The van der Waals surface area contributed by atoms with Gasteiger partial charge in [-0.2, -0.15) is 0 Å². The topological polar surface area (TPSA) is 149 Å². The number of carbonyl (C=O) groups excluding carboxylic acids is 1. The molecule has 0 aliphatic carbocycles. The third-order valence-corrected chi connectivity index (χ3v) is 13.6. The highest BCUT2D eigenvalue weighted by Gasteiger charge is 2.44. The lowest BCUT2D eigenvalue weighted by atomic mass is 9.99. The first-order chi connectivity index (χ1) is 34.3. The Hall–Kier alpha value is -2.37. The van der Waals surface area contributed by atoms with Crippen molar-refractivity contribution in [3.8, 4) is 0 Å². The molecular formula is C61H109NO8. The number of allylic oxidation sites excluding steroid dienone is 12. The van der Waals surface area contributed by atoms with Crippen molar-refractivity contribution >= 4 is 5.91 Å². The quantitative estimate of drug-likeness (QED) is 0.0261. The Morgan fingerprint density at radius 2 is 0.886 bits per heavy atom. The van der Waals surface area contributed by atoms with Gasteiger partial charge in [0.05, 0.1) is 25.4 Å². The molecule has 0 aromatic rings. The number of rotatable bonds is 49. The molecule has 1 aliphatic heterocycles. The number of hydrogen-bond donors (Lipinski definition) is 6. The molecule has 0 saturated carbocycles. The van der Waals surface area contributed by atoms with Crippen molar-refractivity contribution in [3.63, 3.8) is 0 Å². The number of nitrogens with one attached hydrogen (secondary N) is 1. The SMILES string of the molecule is CC/C=C\C/C=C\C/C=C\C/C=C\C/C=C\C/C=C\CCCCCCCCCCCCCCCCC(=O)NC(COC1OC(CO)C(O)C(O)C1O)C(O)CCCCCCCCCCCCCCCC. The number of amides is 1. The largest absolute Gasteiger partial charge is 0.394 e. The van der Waals surface area contributed by atoms with E-state index in [1.807, 2.05) is 0 Å². The number of ether oxygens (including phenoxy) is 2. The highest BCUT2D eigenvalue weighted by molar-refractivity contribution is 5.76. The summed E-state index contributed by atoms with van der Waals surface area (Å²) < 4.78 is 11.3. The molecule has 7 unspecified atom stereocenters. The van der Waals surface area contributed by atoms with Gasteiger partial charge < -0.3 is 40.3 Å². The van der Waals surface area contributed by atoms with Crippen LogP contribution >= 0.6 is 0 Å². The smallest absolute Gasteiger partial charge is 0.220 e. The third-order valence-electron chi connectivity index (χ3n) is 13.6. The van der Waals surface area contributed by atoms with Crippen LogP contribution in [0.5, 0.6) is 0 Å². The molecule has 9 heteroatoms. The number of unbranched alkanes of at least 4 members (excludes halogenated alkanes) is 27. The van der Waals surface area contributed by atoms with E-state index in [0.29, 0.717) is 12.8 Å². The van der Waals surface area contributed by atoms with E-state index in [0.717, 1.165) is 77.0 Å². The Labute approximate surface area is 429 Å². The van der Waals surface area contributed by atoms with Gasteiger partial charge in [-0.1, -0.05) is 254 Å². The maximum atomic E-state index is 13.1. The van der Waals surface area contributed by atoms with Crippen LogP contribution in [-0.4, -0.2) is 87.5 Å². The van der Waals surface area contributed by atoms with Crippen LogP contribution in [0.3, 0.4) is 0 Å². The maximum Gasteiger partial charge on any atom is 0.220 e. The van der Waals surface area contributed by atoms with Gasteiger partial charge in [0.2, 0.25) is 5.91 Å². The molecule has 0 aromatic heterocycles. The molecule has 1 heterocycles. The Kier molecular flexibility index (Phi) is 47.1. The predicted octanol–water partition coefficient (Wildman–Crippen LogP) is 14.5. The fourth-order valence-corrected chi connectivity index (χ4v) is 8.99. The minimum Gasteiger partial charge on any atom is -0.394 e. The summed E-state index contributed by atoms with van der Waals surface area (Å²) in [6.45, 7) is 3.73. The van der Waals surface area contributed by atoms with E-state index in [9.17, 15) is 30.3 Å². The minimum atomic E-state index is -1.55. The maximum absolute atomic E-state index is 13.1. The number of aliphatic hydroxyl groups is 5. The second-order valence-electron chi connectivity index (χ2n) is 20.1. The lowest BCUT2D eigenvalue weighted by molar-refractivity contribution is -0.302. The minimum absolute atomic E-state index is 0.139. The number of carbonyl (C=O) groups is 1. The van der Waals surface area contributed by atoms with Gasteiger partial charge >= 0.3 is 0 Å². The van der Waals surface area contributed by atoms with E-state index >= 15 is 0 Å². The summed E-state index contributed by atoms with van der Waals surface area (Å²) in [5.41, 5.74) is 0. The summed E-state index contributed by atoms with van der Waals surface area (Å²) >= 11 is 0. The molecule has 1 rings (SSSR count). The number of aliphatic hydroxyl groups excluding tert-OH is 5. The molecule has 0 bridgehead atoms. The summed E-state index contributed by atoms with van der Waals surface area (Å²) in [7, 11) is 0. The first-order valence-corrected chi connectivity index (χ1v) is 29.1. The Balaban J connectivity index is 2.14. The Morgan fingerprint density at radius 1 is 0.500 bits per heavy atom. The molecule has 1 saturated heterocycles. The fraction of sp³-hybridized carbons (Fsp3) is 0.787. The Morgan fingerprint density at radius 3 is 1.31 bits per heavy atom. The molecule has 406 valence electrons. The average molecular weight is 985 g/mol. The zero-order valence-electron chi connectivity index (χ0n) is 45.0. The van der Waals surface area contributed by atoms with Gasteiger partial charge in [-0.15, -0.1) is 0 Å². The molecule has 0 radical (unpaired) electrons. The molecule has 1 aliphatic rings. The monoisotopic (exact) mass is 984 g/mol. The van der Waals surface area contributed by atoms with Crippen LogP contribution in [0.4, 0.5) is 0 Å². The van der Waals surface area contributed by atoms with Crippen molar-refractivity contribution in [1.29, 1.82) is 0 Å². The fourth-order valence-electron chi connectivity index (χ4n) is 8.99. The first-order valence-electron chi connectivity index (χ1n) is 29.1. The molecule has 6 N–H and O–H groups in total. The van der Waals surface area contributed by atoms with Crippen molar-refractivity contribution < 1.29 is 39.8 Å². The molecule has 70 heavy (non-hydrogen) atoms. The lowest BCUT2D eigenvalue weighted by Gasteiger charge is -2.40. The number of hydrogen-bond acceptors (Lipinski definition) is 8. The molecule has 9 nitrogen and oxygen atoms in total. The second kappa shape index (κ2) is 50.2. The second-order valence-corrected chi connectivity index (χ2v) is 20.1. The van der Waals surface area contributed by atoms with E-state index in [4.69, 9.17) is 9.47 Å². The van der Waals surface area contributed by atoms with E-state index < -0.39 is 49.5 Å². The van der Waals surface area contributed by atoms with Crippen molar-refractivity contribution in [2.24, 2.45) is 0 Å². The highest BCUT2D eigenvalue weighted by Crippen LogP contribution is 2.23. The van der Waals surface area contributed by atoms with Crippen LogP contribution in [0.2, 0.25) is 0 Å². The van der Waals surface area contributed by atoms with Gasteiger partial charge in [0.15, 0.2) is 6.29 Å². The van der Waals surface area contributed by atoms with Crippen LogP contribution in [-0.2, 0) is 14.3 Å². The van der Waals surface area contributed by atoms with E-state index in [-0.39, 0.29) is 12.5 Å². The van der Waals surface area contributed by atoms with Gasteiger partial charge in [-0.25, -0.2) is 0 Å². The molecule has 0 aromatic carbocycles. The third kappa shape index (κ3) is 39.2. The predicted molar refractivity (Wildman–Crippen MR) is 295 cm³/mol. The van der Waals surface area contributed by atoms with Crippen molar-refractivity contribution in [2.45, 2.75) is 294 Å². The zero-order chi connectivity index (χ0) is 50.8. The van der Waals surface area contributed by atoms with Gasteiger partial charge in [0, 0.05) is 6.42 Å². The van der Waals surface area contributed by atoms with Crippen molar-refractivity contribution in [2.75, 3.05) is 13.2 Å². The van der Waals surface area contributed by atoms with Crippen LogP contribution < -0.4 is 5.32 Å². The average Bonchev–Trinajstić information content (AvgIpc) is 3.36. The summed E-state index contributed by atoms with van der Waals surface area (Å²) in [5.74, 6) is -0.146. The zero-order valence-corrected chi connectivity index (χ0v) is 45.0. The standard InChI is InChI=1S/C61H109NO8/c1-3-5-7-9-11-13-15-17-19-20-21-22-23-24-25-26-27-28-29-30-31-32-33-34-35-36-37-39-41-43-45-47-49-51-57(65)62-54(53-69-61-60(68)59(67)58(66)56(52-63)70-61)55(64)50-48-46-44-42-40-38-18-16-14-12-10-8-6-4-2/h5,7,11,13,17,19,21-22,24-25,27-28,54-56,58-61,63-64,66-68H,3-4,6,8-10,12,14-16,18,20,23,26,29-53H2,1-2H3,(H,62,65)/b7-5-,13-11-,19-17-,22-21-,25-24-,28-27-. The van der Waals surface area contributed by atoms with Crippen LogP contribution in [0.1, 0.15) is 251 Å². The van der Waals surface area contributed by atoms with Gasteiger partial charge in [0.25, 0.3) is 0 Å². The molecular weight excluding hydrogens is 875 g/mol. The van der Waals surface area contributed by atoms with Crippen LogP contribution in [0, 0.1) is 0 Å². The highest BCUT2D eigenvalue weighted by atomic mass is 16.7.